The van der Waals surface area contributed by atoms with Crippen molar-refractivity contribution in [2.45, 2.75) is 76.4 Å². The molecule has 204 valence electrons. The Kier molecular flexibility index (Phi) is 7.47. The van der Waals surface area contributed by atoms with Crippen LogP contribution < -0.4 is 15.8 Å². The lowest BCUT2D eigenvalue weighted by atomic mass is 9.84. The fourth-order valence-corrected chi connectivity index (χ4v) is 5.31. The number of ether oxygens (including phenoxy) is 2. The van der Waals surface area contributed by atoms with E-state index in [1.54, 1.807) is 25.3 Å². The summed E-state index contributed by atoms with van der Waals surface area (Å²) in [4.78, 5) is 32.6. The van der Waals surface area contributed by atoms with E-state index in [0.717, 1.165) is 0 Å². The summed E-state index contributed by atoms with van der Waals surface area (Å²) >= 11 is 0. The summed E-state index contributed by atoms with van der Waals surface area (Å²) in [6, 6.07) is 5.20. The number of hydrogen-bond acceptors (Lipinski definition) is 6. The lowest BCUT2D eigenvalue weighted by Crippen LogP contribution is -2.57. The van der Waals surface area contributed by atoms with Crippen molar-refractivity contribution in [1.29, 1.82) is 0 Å². The van der Waals surface area contributed by atoms with Gasteiger partial charge in [-0.15, -0.1) is 0 Å². The number of rotatable bonds is 8. The fourth-order valence-electron chi connectivity index (χ4n) is 5.31. The monoisotopic (exact) mass is 524 g/mol. The SMILES string of the molecule is COCC[C@H](C1C[C@H]1C(=O)N[C@H]1CC(C(F)(F)F)Oc2ccccc21)N1C(=O)C[C@@](C)(C(C)C)N=C1N. The third-order valence-corrected chi connectivity index (χ3v) is 7.95. The summed E-state index contributed by atoms with van der Waals surface area (Å²) in [5, 5.41) is 2.82. The Morgan fingerprint density at radius 2 is 2.03 bits per heavy atom. The molecule has 3 aliphatic rings. The number of para-hydroxylation sites is 1. The van der Waals surface area contributed by atoms with Gasteiger partial charge in [0.25, 0.3) is 0 Å². The molecule has 2 unspecified atom stereocenters. The third-order valence-electron chi connectivity index (χ3n) is 7.95. The highest BCUT2D eigenvalue weighted by atomic mass is 19.4. The zero-order chi connectivity index (χ0) is 27.1. The van der Waals surface area contributed by atoms with Crippen LogP contribution >= 0.6 is 0 Å². The number of guanidine groups is 1. The van der Waals surface area contributed by atoms with Crippen LogP contribution in [0.3, 0.4) is 0 Å². The standard InChI is InChI=1S/C26H35F3N4O4/c1-14(2)25(3)13-22(34)33(24(30)32-25)19(9-10-36-4)16-11-17(16)23(35)31-18-12-21(26(27,28)29)37-20-8-6-5-7-15(18)20/h5-8,14,16-19,21H,9-13H2,1-4H3,(H2,30,32)(H,31,35)/t16?,17-,18+,19-,21?,25+/m1/s1. The van der Waals surface area contributed by atoms with E-state index in [1.807, 2.05) is 20.8 Å². The van der Waals surface area contributed by atoms with Gasteiger partial charge in [-0.25, -0.2) is 4.99 Å². The summed E-state index contributed by atoms with van der Waals surface area (Å²) in [6.45, 7) is 6.23. The molecule has 1 aromatic carbocycles. The number of nitrogens with zero attached hydrogens (tertiary/aromatic N) is 2. The van der Waals surface area contributed by atoms with E-state index in [4.69, 9.17) is 15.2 Å². The fraction of sp³-hybridized carbons (Fsp3) is 0.654. The van der Waals surface area contributed by atoms with Crippen LogP contribution in [-0.2, 0) is 14.3 Å². The smallest absolute Gasteiger partial charge is 0.425 e. The van der Waals surface area contributed by atoms with Gasteiger partial charge in [0.2, 0.25) is 11.8 Å². The molecule has 0 bridgehead atoms. The average molecular weight is 525 g/mol. The summed E-state index contributed by atoms with van der Waals surface area (Å²) in [7, 11) is 1.55. The molecule has 1 aromatic rings. The number of alkyl halides is 3. The highest BCUT2D eigenvalue weighted by Gasteiger charge is 2.53. The molecule has 2 amide bonds. The summed E-state index contributed by atoms with van der Waals surface area (Å²) in [5.41, 5.74) is 6.21. The van der Waals surface area contributed by atoms with Crippen molar-refractivity contribution in [3.05, 3.63) is 29.8 Å². The molecule has 8 nitrogen and oxygen atoms in total. The van der Waals surface area contributed by atoms with Crippen LogP contribution in [0.2, 0.25) is 0 Å². The van der Waals surface area contributed by atoms with Crippen LogP contribution in [0.15, 0.2) is 29.3 Å². The van der Waals surface area contributed by atoms with Gasteiger partial charge in [0.15, 0.2) is 12.1 Å². The molecule has 4 rings (SSSR count). The van der Waals surface area contributed by atoms with Gasteiger partial charge >= 0.3 is 6.18 Å². The van der Waals surface area contributed by atoms with Crippen LogP contribution in [0.25, 0.3) is 0 Å². The van der Waals surface area contributed by atoms with E-state index >= 15 is 0 Å². The number of carbonyl (C=O) groups excluding carboxylic acids is 2. The topological polar surface area (TPSA) is 106 Å². The van der Waals surface area contributed by atoms with E-state index in [0.29, 0.717) is 25.0 Å². The molecule has 6 atom stereocenters. The Labute approximate surface area is 214 Å². The second kappa shape index (κ2) is 10.2. The minimum Gasteiger partial charge on any atom is -0.480 e. The van der Waals surface area contributed by atoms with Crippen molar-refractivity contribution < 1.29 is 32.2 Å². The van der Waals surface area contributed by atoms with Gasteiger partial charge in [-0.2, -0.15) is 13.2 Å². The van der Waals surface area contributed by atoms with E-state index in [2.05, 4.69) is 10.3 Å². The largest absolute Gasteiger partial charge is 0.480 e. The molecule has 2 heterocycles. The summed E-state index contributed by atoms with van der Waals surface area (Å²) < 4.78 is 50.8. The summed E-state index contributed by atoms with van der Waals surface area (Å²) in [6.07, 6.45) is -5.81. The first-order chi connectivity index (χ1) is 17.4. The van der Waals surface area contributed by atoms with Crippen LogP contribution in [0.5, 0.6) is 5.75 Å². The lowest BCUT2D eigenvalue weighted by molar-refractivity contribution is -0.201. The second-order valence-corrected chi connectivity index (χ2v) is 10.8. The van der Waals surface area contributed by atoms with E-state index in [1.165, 1.54) is 11.0 Å². The molecular weight excluding hydrogens is 489 g/mol. The van der Waals surface area contributed by atoms with Crippen LogP contribution in [-0.4, -0.2) is 60.3 Å². The number of halogens is 3. The van der Waals surface area contributed by atoms with Crippen molar-refractivity contribution in [2.75, 3.05) is 13.7 Å². The predicted octanol–water partition coefficient (Wildman–Crippen LogP) is 3.56. The van der Waals surface area contributed by atoms with Gasteiger partial charge in [0.1, 0.15) is 5.75 Å². The molecule has 1 saturated carbocycles. The van der Waals surface area contributed by atoms with Crippen molar-refractivity contribution in [3.63, 3.8) is 0 Å². The number of fused-ring (bicyclic) bond motifs is 1. The molecule has 0 aromatic heterocycles. The van der Waals surface area contributed by atoms with Gasteiger partial charge in [-0.3, -0.25) is 14.5 Å². The van der Waals surface area contributed by atoms with Crippen molar-refractivity contribution in [2.24, 2.45) is 28.5 Å². The predicted molar refractivity (Wildman–Crippen MR) is 131 cm³/mol. The van der Waals surface area contributed by atoms with E-state index < -0.39 is 42.2 Å². The van der Waals surface area contributed by atoms with Gasteiger partial charge in [-0.05, 0) is 37.7 Å². The molecule has 11 heteroatoms. The highest BCUT2D eigenvalue weighted by molar-refractivity contribution is 5.99. The lowest BCUT2D eigenvalue weighted by Gasteiger charge is -2.41. The molecule has 0 radical (unpaired) electrons. The first-order valence-corrected chi connectivity index (χ1v) is 12.6. The number of benzene rings is 1. The minimum absolute atomic E-state index is 0.108. The molecule has 37 heavy (non-hydrogen) atoms. The number of nitrogens with two attached hydrogens (primary N) is 1. The molecule has 2 aliphatic heterocycles. The zero-order valence-electron chi connectivity index (χ0n) is 21.5. The number of methoxy groups -OCH3 is 1. The number of hydrogen-bond donors (Lipinski definition) is 2. The highest BCUT2D eigenvalue weighted by Crippen LogP contribution is 2.47. The van der Waals surface area contributed by atoms with E-state index in [9.17, 15) is 22.8 Å². The van der Waals surface area contributed by atoms with Gasteiger partial charge in [-0.1, -0.05) is 32.0 Å². The Morgan fingerprint density at radius 1 is 1.32 bits per heavy atom. The number of aliphatic imine (C=N–C) groups is 1. The number of carbonyl (C=O) groups is 2. The first kappa shape index (κ1) is 27.2. The van der Waals surface area contributed by atoms with Crippen molar-refractivity contribution in [1.82, 2.24) is 10.2 Å². The average Bonchev–Trinajstić information content (AvgIpc) is 3.61. The van der Waals surface area contributed by atoms with Gasteiger partial charge in [0, 0.05) is 37.7 Å². The van der Waals surface area contributed by atoms with Crippen LogP contribution in [0.4, 0.5) is 13.2 Å². The first-order valence-electron chi connectivity index (χ1n) is 12.6. The zero-order valence-corrected chi connectivity index (χ0v) is 21.5. The molecule has 0 spiro atoms. The number of amides is 2. The van der Waals surface area contributed by atoms with Gasteiger partial charge < -0.3 is 20.5 Å². The second-order valence-electron chi connectivity index (χ2n) is 10.8. The molecule has 0 saturated heterocycles. The maximum Gasteiger partial charge on any atom is 0.425 e. The Balaban J connectivity index is 1.51. The van der Waals surface area contributed by atoms with E-state index in [-0.39, 0.29) is 41.8 Å². The quantitative estimate of drug-likeness (QED) is 0.541. The Hall–Kier alpha value is -2.82. The summed E-state index contributed by atoms with van der Waals surface area (Å²) in [5.74, 6) is -0.806. The minimum atomic E-state index is -4.56. The Morgan fingerprint density at radius 3 is 2.65 bits per heavy atom. The maximum atomic E-state index is 13.5. The van der Waals surface area contributed by atoms with Crippen LogP contribution in [0, 0.1) is 17.8 Å². The van der Waals surface area contributed by atoms with Crippen molar-refractivity contribution >= 4 is 17.8 Å². The normalized spacial score (nSPS) is 30.3. The Bertz CT molecular complexity index is 1060. The third kappa shape index (κ3) is 5.56. The van der Waals surface area contributed by atoms with Crippen molar-refractivity contribution in [3.8, 4) is 5.75 Å². The molecule has 3 N–H and O–H groups in total. The molecule has 1 fully saturated rings. The van der Waals surface area contributed by atoms with Crippen LogP contribution in [0.1, 0.15) is 58.1 Å². The number of nitrogens with one attached hydrogen (secondary N) is 1. The molecule has 1 aliphatic carbocycles. The maximum absolute atomic E-state index is 13.5. The van der Waals surface area contributed by atoms with Gasteiger partial charge in [0.05, 0.1) is 18.0 Å². The molecular formula is C26H35F3N4O4.